The van der Waals surface area contributed by atoms with E-state index >= 15 is 0 Å². The van der Waals surface area contributed by atoms with Crippen LogP contribution in [0.3, 0.4) is 0 Å². The number of hydrogen-bond donors (Lipinski definition) is 7. The van der Waals surface area contributed by atoms with Crippen molar-refractivity contribution in [3.63, 3.8) is 0 Å². The molecule has 3 atom stereocenters. The molecule has 5 aromatic rings. The second-order valence-electron chi connectivity index (χ2n) is 15.1. The van der Waals surface area contributed by atoms with Crippen molar-refractivity contribution in [2.75, 3.05) is 63.4 Å². The number of nitrogens with zero attached hydrogens (tertiary/aromatic N) is 4. The lowest BCUT2D eigenvalue weighted by Crippen LogP contribution is -2.37. The first-order chi connectivity index (χ1) is 31.5. The van der Waals surface area contributed by atoms with Crippen LogP contribution < -0.4 is 25.8 Å². The van der Waals surface area contributed by atoms with Crippen LogP contribution in [0, 0.1) is 10.1 Å². The summed E-state index contributed by atoms with van der Waals surface area (Å²) in [4.78, 5) is 87.9. The van der Waals surface area contributed by atoms with Gasteiger partial charge in [0.25, 0.3) is 5.91 Å². The van der Waals surface area contributed by atoms with Gasteiger partial charge >= 0.3 is 29.2 Å². The summed E-state index contributed by atoms with van der Waals surface area (Å²) in [6.07, 6.45) is 0.922. The summed E-state index contributed by atoms with van der Waals surface area (Å²) >= 11 is 0. The van der Waals surface area contributed by atoms with Crippen LogP contribution in [0.1, 0.15) is 38.8 Å². The maximum atomic E-state index is 13.8. The van der Waals surface area contributed by atoms with E-state index in [1.54, 1.807) is 42.5 Å². The van der Waals surface area contributed by atoms with E-state index in [1.165, 1.54) is 49.4 Å². The van der Waals surface area contributed by atoms with Gasteiger partial charge in [-0.3, -0.25) is 43.0 Å². The summed E-state index contributed by atoms with van der Waals surface area (Å²) in [5, 5.41) is 22.7. The van der Waals surface area contributed by atoms with Crippen molar-refractivity contribution < 1.29 is 74.6 Å². The Balaban J connectivity index is 1.21. The Hall–Kier alpha value is -6.26. The van der Waals surface area contributed by atoms with Gasteiger partial charge in [0, 0.05) is 41.5 Å². The number of phosphoric acid groups is 3. The van der Waals surface area contributed by atoms with E-state index in [1.807, 2.05) is 21.1 Å². The van der Waals surface area contributed by atoms with Crippen LogP contribution in [0.15, 0.2) is 103 Å². The van der Waals surface area contributed by atoms with E-state index in [4.69, 9.17) is 18.1 Å². The van der Waals surface area contributed by atoms with Gasteiger partial charge in [-0.1, -0.05) is 42.5 Å². The molecule has 27 heteroatoms. The number of benzene rings is 4. The number of likely N-dealkylation sites (N-methyl/N-ethyl adjacent to an activating group) is 1. The van der Waals surface area contributed by atoms with Gasteiger partial charge in [0.15, 0.2) is 5.78 Å². The molecule has 1 heterocycles. The zero-order chi connectivity index (χ0) is 49.0. The number of carbonyl (C=O) groups is 3. The number of hydrogen-bond acceptors (Lipinski definition) is 17. The third kappa shape index (κ3) is 16.8. The van der Waals surface area contributed by atoms with Gasteiger partial charge in [0.2, 0.25) is 17.7 Å². The summed E-state index contributed by atoms with van der Waals surface area (Å²) in [5.41, 5.74) is 0.745. The first kappa shape index (κ1) is 51.7. The van der Waals surface area contributed by atoms with Crippen molar-refractivity contribution >= 4 is 75.6 Å². The molecule has 2 amide bonds. The van der Waals surface area contributed by atoms with Crippen molar-refractivity contribution in [3.8, 4) is 5.75 Å². The van der Waals surface area contributed by atoms with Crippen molar-refractivity contribution in [1.29, 1.82) is 0 Å². The zero-order valence-electron chi connectivity index (χ0n) is 36.1. The van der Waals surface area contributed by atoms with Crippen molar-refractivity contribution in [2.45, 2.75) is 13.5 Å². The maximum absolute atomic E-state index is 13.8. The fourth-order valence-electron chi connectivity index (χ4n) is 5.49. The lowest BCUT2D eigenvalue weighted by atomic mass is 10.0. The number of rotatable bonds is 24. The Kier molecular flexibility index (Phi) is 17.4. The second kappa shape index (κ2) is 22.5. The van der Waals surface area contributed by atoms with Gasteiger partial charge in [-0.25, -0.2) is 18.7 Å². The molecule has 356 valence electrons. The number of anilines is 5. The number of ketones is 1. The third-order valence-electron chi connectivity index (χ3n) is 8.65. The van der Waals surface area contributed by atoms with Gasteiger partial charge in [-0.05, 0) is 60.2 Å². The Morgan fingerprint density at radius 3 is 2.07 bits per heavy atom. The standard InChI is InChI=1S/C40H45N8O16P3/c1-27(49)43-31-14-16-32(17-15-31)44-40-42-25-36(47(52)53)38(46-40)45-35-19-18-33(24-34(35)37(50)29-8-6-5-7-9-29)63-67(58,59)64-66(56,57)60-22-20-41-39(51)30-12-10-28(11-13-30)26-62-65(54,55)61-23-21-48(2,3)4/h5-19,24-25H,20-23,26H2,1-4H3,(H6-,41,42,43,44,45,46,49,50,51,54,55,56,57,58,59)/p+1. The van der Waals surface area contributed by atoms with Crippen LogP contribution >= 0.6 is 23.5 Å². The predicted molar refractivity (Wildman–Crippen MR) is 242 cm³/mol. The molecule has 0 radical (unpaired) electrons. The zero-order valence-corrected chi connectivity index (χ0v) is 38.8. The molecule has 0 aliphatic heterocycles. The molecule has 0 saturated heterocycles. The molecular weight excluding hydrogens is 941 g/mol. The quantitative estimate of drug-likeness (QED) is 0.00872. The Labute approximate surface area is 382 Å². The molecule has 0 spiro atoms. The molecule has 24 nitrogen and oxygen atoms in total. The van der Waals surface area contributed by atoms with Crippen LogP contribution in [0.4, 0.5) is 34.5 Å². The molecule has 0 bridgehead atoms. The average molecular weight is 988 g/mol. The summed E-state index contributed by atoms with van der Waals surface area (Å²) in [5.74, 6) is -2.60. The van der Waals surface area contributed by atoms with E-state index in [2.05, 4.69) is 35.5 Å². The highest BCUT2D eigenvalue weighted by Crippen LogP contribution is 2.60. The molecule has 0 saturated carbocycles. The molecule has 4 aromatic carbocycles. The van der Waals surface area contributed by atoms with Gasteiger partial charge < -0.3 is 40.1 Å². The van der Waals surface area contributed by atoms with E-state index in [9.17, 15) is 52.9 Å². The fraction of sp³-hybridized carbons (Fsp3) is 0.225. The van der Waals surface area contributed by atoms with E-state index in [-0.39, 0.29) is 59.8 Å². The number of nitro groups is 1. The highest BCUT2D eigenvalue weighted by Gasteiger charge is 2.37. The minimum Gasteiger partial charge on any atom is -0.404 e. The molecule has 0 aliphatic carbocycles. The van der Waals surface area contributed by atoms with Crippen LogP contribution in [0.25, 0.3) is 0 Å². The van der Waals surface area contributed by atoms with E-state index < -0.39 is 58.1 Å². The fourth-order valence-corrected chi connectivity index (χ4v) is 8.25. The minimum absolute atomic E-state index is 0.00737. The second-order valence-corrected chi connectivity index (χ2v) is 19.5. The highest BCUT2D eigenvalue weighted by atomic mass is 31.3. The Morgan fingerprint density at radius 1 is 0.776 bits per heavy atom. The topological polar surface area (TPSA) is 326 Å². The van der Waals surface area contributed by atoms with Gasteiger partial charge in [-0.15, -0.1) is 0 Å². The van der Waals surface area contributed by atoms with E-state index in [0.717, 1.165) is 18.3 Å². The van der Waals surface area contributed by atoms with Crippen molar-refractivity contribution in [1.82, 2.24) is 15.3 Å². The van der Waals surface area contributed by atoms with Gasteiger partial charge in [-0.2, -0.15) is 9.29 Å². The van der Waals surface area contributed by atoms with Crippen LogP contribution in [-0.4, -0.2) is 99.1 Å². The van der Waals surface area contributed by atoms with Crippen molar-refractivity contribution in [2.24, 2.45) is 0 Å². The summed E-state index contributed by atoms with van der Waals surface area (Å²) in [6, 6.07) is 23.0. The average Bonchev–Trinajstić information content (AvgIpc) is 3.24. The smallest absolute Gasteiger partial charge is 0.404 e. The molecule has 3 unspecified atom stereocenters. The lowest BCUT2D eigenvalue weighted by Gasteiger charge is -2.24. The SMILES string of the molecule is CC(=O)Nc1ccc(Nc2ncc([N+](=O)[O-])c(Nc3ccc(OP(=O)(O)OP(=O)(O)OCCNC(=O)c4ccc(COP(=O)(O)OCC[N+](C)(C)C)cc4)cc3C(=O)c3ccccc3)n2)cc1. The molecular formula is C40H46N8O16P3+. The van der Waals surface area contributed by atoms with Crippen LogP contribution in [0.2, 0.25) is 0 Å². The van der Waals surface area contributed by atoms with Crippen LogP contribution in [0.5, 0.6) is 5.75 Å². The number of aromatic nitrogens is 2. The Morgan fingerprint density at radius 2 is 1.43 bits per heavy atom. The first-order valence-electron chi connectivity index (χ1n) is 19.6. The molecule has 0 fully saturated rings. The number of nitrogens with one attached hydrogen (secondary N) is 4. The third-order valence-corrected chi connectivity index (χ3v) is 12.2. The number of phosphoric ester groups is 3. The summed E-state index contributed by atoms with van der Waals surface area (Å²) < 4.78 is 62.6. The normalized spacial score (nSPS) is 14.1. The molecule has 67 heavy (non-hydrogen) atoms. The highest BCUT2D eigenvalue weighted by molar-refractivity contribution is 7.61. The monoisotopic (exact) mass is 987 g/mol. The molecule has 0 aliphatic rings. The van der Waals surface area contributed by atoms with E-state index in [0.29, 0.717) is 28.0 Å². The number of amides is 2. The summed E-state index contributed by atoms with van der Waals surface area (Å²) in [6.45, 7) is 0.467. The number of carbonyl (C=O) groups excluding carboxylic acids is 3. The van der Waals surface area contributed by atoms with Crippen LogP contribution in [-0.2, 0) is 43.0 Å². The first-order valence-corrected chi connectivity index (χ1v) is 24.1. The van der Waals surface area contributed by atoms with Gasteiger partial charge in [0.1, 0.15) is 25.1 Å². The van der Waals surface area contributed by atoms with Crippen molar-refractivity contribution in [3.05, 3.63) is 136 Å². The minimum atomic E-state index is -5.51. The Bertz CT molecular complexity index is 2730. The largest absolute Gasteiger partial charge is 0.536 e. The molecule has 1 aromatic heterocycles. The number of quaternary nitrogens is 1. The molecule has 5 rings (SSSR count). The lowest BCUT2D eigenvalue weighted by molar-refractivity contribution is -0.870. The maximum Gasteiger partial charge on any atom is 0.536 e. The van der Waals surface area contributed by atoms with Gasteiger partial charge in [0.05, 0.1) is 45.0 Å². The molecule has 7 N–H and O–H groups in total. The predicted octanol–water partition coefficient (Wildman–Crippen LogP) is 6.44. The summed E-state index contributed by atoms with van der Waals surface area (Å²) in [7, 11) is -9.52.